The molecule has 0 N–H and O–H groups in total. The molecule has 1 heterocycles. The van der Waals surface area contributed by atoms with Crippen molar-refractivity contribution in [1.82, 2.24) is 9.34 Å². The lowest BCUT2D eigenvalue weighted by molar-refractivity contribution is 0.107. The van der Waals surface area contributed by atoms with Gasteiger partial charge in [-0.1, -0.05) is 13.8 Å². The van der Waals surface area contributed by atoms with Gasteiger partial charge in [-0.25, -0.2) is 0 Å². The van der Waals surface area contributed by atoms with E-state index in [1.54, 1.807) is 0 Å². The van der Waals surface area contributed by atoms with Gasteiger partial charge in [0.1, 0.15) is 0 Å². The summed E-state index contributed by atoms with van der Waals surface area (Å²) in [5, 5.41) is 0. The molecule has 2 unspecified atom stereocenters. The third-order valence-corrected chi connectivity index (χ3v) is 7.94. The van der Waals surface area contributed by atoms with Crippen LogP contribution in [0.2, 0.25) is 0 Å². The van der Waals surface area contributed by atoms with Gasteiger partial charge < -0.3 is 0 Å². The van der Waals surface area contributed by atoms with E-state index in [4.69, 9.17) is 0 Å². The molecule has 1 aliphatic heterocycles. The van der Waals surface area contributed by atoms with Crippen molar-refractivity contribution in [1.29, 1.82) is 0 Å². The number of hydrogen-bond acceptors (Lipinski definition) is 2. The lowest BCUT2D eigenvalue weighted by Gasteiger charge is -2.56. The normalized spacial score (nSPS) is 35.7. The molecule has 0 radical (unpaired) electrons. The molecule has 0 aromatic rings. The van der Waals surface area contributed by atoms with E-state index in [9.17, 15) is 0 Å². The summed E-state index contributed by atoms with van der Waals surface area (Å²) in [5.74, 6) is 0.755. The van der Waals surface area contributed by atoms with Gasteiger partial charge in [-0.15, -0.1) is 0 Å². The van der Waals surface area contributed by atoms with Crippen LogP contribution in [0.15, 0.2) is 0 Å². The van der Waals surface area contributed by atoms with Crippen LogP contribution in [-0.2, 0) is 0 Å². The first-order valence-corrected chi connectivity index (χ1v) is 9.10. The lowest BCUT2D eigenvalue weighted by Crippen LogP contribution is -2.56. The Kier molecular flexibility index (Phi) is 6.09. The first-order chi connectivity index (χ1) is 8.32. The quantitative estimate of drug-likeness (QED) is 0.692. The second kappa shape index (κ2) is 6.68. The van der Waals surface area contributed by atoms with Gasteiger partial charge in [-0.05, 0) is 60.0 Å². The minimum absolute atomic E-state index is 0.116. The van der Waals surface area contributed by atoms with Crippen molar-refractivity contribution < 1.29 is 0 Å². The molecule has 0 aromatic carbocycles. The molecule has 2 atom stereocenters. The monoisotopic (exact) mass is 272 g/mol. The Balaban J connectivity index is 3.06. The van der Waals surface area contributed by atoms with E-state index in [1.807, 2.05) is 0 Å². The summed E-state index contributed by atoms with van der Waals surface area (Å²) in [7, 11) is -0.116. The average molecular weight is 272 g/mol. The Labute approximate surface area is 116 Å². The Morgan fingerprint density at radius 1 is 0.889 bits per heavy atom. The maximum atomic E-state index is 2.81. The van der Waals surface area contributed by atoms with Crippen molar-refractivity contribution in [3.8, 4) is 0 Å². The largest absolute Gasteiger partial charge is 0.264 e. The molecule has 0 spiro atoms. The molecular weight excluding hydrogens is 239 g/mol. The van der Waals surface area contributed by atoms with E-state index < -0.39 is 0 Å². The minimum Gasteiger partial charge on any atom is -0.264 e. The predicted molar refractivity (Wildman–Crippen MR) is 84.1 cm³/mol. The van der Waals surface area contributed by atoms with Crippen LogP contribution in [0.1, 0.15) is 61.8 Å². The fourth-order valence-corrected chi connectivity index (χ4v) is 6.76. The van der Waals surface area contributed by atoms with Crippen LogP contribution in [0, 0.1) is 5.92 Å². The summed E-state index contributed by atoms with van der Waals surface area (Å²) >= 11 is 0. The van der Waals surface area contributed by atoms with Gasteiger partial charge in [-0.2, -0.15) is 0 Å². The highest BCUT2D eigenvalue weighted by Gasteiger charge is 2.43. The lowest BCUT2D eigenvalue weighted by atomic mass is 9.94. The molecule has 0 aromatic heterocycles. The van der Waals surface area contributed by atoms with Gasteiger partial charge in [0.15, 0.2) is 0 Å². The summed E-state index contributed by atoms with van der Waals surface area (Å²) in [6.07, 6.45) is 2.65. The molecule has 1 aliphatic rings. The molecule has 1 saturated heterocycles. The molecular formula is C15H33N2P. The molecule has 1 rings (SSSR count). The van der Waals surface area contributed by atoms with Crippen LogP contribution in [0.25, 0.3) is 0 Å². The van der Waals surface area contributed by atoms with Crippen molar-refractivity contribution in [2.24, 2.45) is 5.92 Å². The Morgan fingerprint density at radius 2 is 1.28 bits per heavy atom. The summed E-state index contributed by atoms with van der Waals surface area (Å²) in [5.41, 5.74) is 0. The van der Waals surface area contributed by atoms with Gasteiger partial charge in [-0.3, -0.25) is 9.34 Å². The first kappa shape index (κ1) is 16.4. The van der Waals surface area contributed by atoms with Gasteiger partial charge in [0.2, 0.25) is 0 Å². The van der Waals surface area contributed by atoms with E-state index >= 15 is 0 Å². The van der Waals surface area contributed by atoms with Crippen molar-refractivity contribution in [2.75, 3.05) is 6.16 Å². The smallest absolute Gasteiger partial charge is 0.0404 e. The third kappa shape index (κ3) is 3.08. The van der Waals surface area contributed by atoms with E-state index in [2.05, 4.69) is 64.7 Å². The second-order valence-electron chi connectivity index (χ2n) is 6.38. The van der Waals surface area contributed by atoms with Gasteiger partial charge >= 0.3 is 0 Å². The number of rotatable bonds is 4. The zero-order chi connectivity index (χ0) is 14.0. The Bertz CT molecular complexity index is 233. The van der Waals surface area contributed by atoms with Crippen molar-refractivity contribution in [3.63, 3.8) is 0 Å². The van der Waals surface area contributed by atoms with E-state index in [0.717, 1.165) is 5.92 Å². The Hall–Kier alpha value is 0.350. The van der Waals surface area contributed by atoms with E-state index in [0.29, 0.717) is 24.2 Å². The molecule has 0 saturated carbocycles. The average Bonchev–Trinajstić information content (AvgIpc) is 2.25. The molecule has 0 amide bonds. The SMILES string of the molecule is CCCP1N(C(C)C)C(C)C(C)C(C)N1C(C)C. The Morgan fingerprint density at radius 3 is 1.56 bits per heavy atom. The second-order valence-corrected chi connectivity index (χ2v) is 8.50. The highest BCUT2D eigenvalue weighted by Crippen LogP contribution is 2.55. The van der Waals surface area contributed by atoms with Gasteiger partial charge in [0, 0.05) is 32.4 Å². The highest BCUT2D eigenvalue weighted by molar-refractivity contribution is 7.52. The zero-order valence-electron chi connectivity index (χ0n) is 13.6. The van der Waals surface area contributed by atoms with Crippen LogP contribution in [0.4, 0.5) is 0 Å². The number of hydrogen-bond donors (Lipinski definition) is 0. The van der Waals surface area contributed by atoms with Crippen LogP contribution in [0.3, 0.4) is 0 Å². The molecule has 3 heteroatoms. The number of nitrogens with zero attached hydrogens (tertiary/aromatic N) is 2. The maximum absolute atomic E-state index is 2.81. The molecule has 0 aliphatic carbocycles. The molecule has 0 bridgehead atoms. The fraction of sp³-hybridized carbons (Fsp3) is 1.00. The van der Waals surface area contributed by atoms with Crippen molar-refractivity contribution >= 4 is 8.22 Å². The molecule has 108 valence electrons. The topological polar surface area (TPSA) is 6.48 Å². The standard InChI is InChI=1S/C15H33N2P/c1-9-10-18-16(11(2)3)14(7)13(6)15(8)17(18)12(4)5/h11-15H,9-10H2,1-8H3. The molecule has 18 heavy (non-hydrogen) atoms. The maximum Gasteiger partial charge on any atom is 0.0404 e. The van der Waals surface area contributed by atoms with Crippen molar-refractivity contribution in [2.45, 2.75) is 86.0 Å². The van der Waals surface area contributed by atoms with Crippen LogP contribution in [-0.4, -0.2) is 39.7 Å². The van der Waals surface area contributed by atoms with Crippen LogP contribution in [0.5, 0.6) is 0 Å². The summed E-state index contributed by atoms with van der Waals surface area (Å²) in [6.45, 7) is 19.1. The zero-order valence-corrected chi connectivity index (χ0v) is 14.5. The van der Waals surface area contributed by atoms with Crippen molar-refractivity contribution in [3.05, 3.63) is 0 Å². The first-order valence-electron chi connectivity index (χ1n) is 7.66. The summed E-state index contributed by atoms with van der Waals surface area (Å²) in [6, 6.07) is 2.75. The fourth-order valence-electron chi connectivity index (χ4n) is 3.33. The van der Waals surface area contributed by atoms with Gasteiger partial charge in [0.25, 0.3) is 0 Å². The third-order valence-electron chi connectivity index (χ3n) is 4.37. The van der Waals surface area contributed by atoms with E-state index in [-0.39, 0.29) is 8.22 Å². The minimum atomic E-state index is -0.116. The van der Waals surface area contributed by atoms with E-state index in [1.165, 1.54) is 12.6 Å². The highest BCUT2D eigenvalue weighted by atomic mass is 31.1. The van der Waals surface area contributed by atoms with Gasteiger partial charge in [0.05, 0.1) is 0 Å². The van der Waals surface area contributed by atoms with Crippen LogP contribution < -0.4 is 0 Å². The predicted octanol–water partition coefficient (Wildman–Crippen LogP) is 4.56. The summed E-state index contributed by atoms with van der Waals surface area (Å²) < 4.78 is 5.62. The molecule has 2 nitrogen and oxygen atoms in total. The summed E-state index contributed by atoms with van der Waals surface area (Å²) in [4.78, 5) is 0. The molecule has 1 fully saturated rings. The van der Waals surface area contributed by atoms with Crippen LogP contribution >= 0.6 is 8.22 Å².